The molecular formula is C29H25ClN4O3. The highest BCUT2D eigenvalue weighted by Crippen LogP contribution is 2.46. The summed E-state index contributed by atoms with van der Waals surface area (Å²) in [6.07, 6.45) is 0.357. The van der Waals surface area contributed by atoms with E-state index in [1.807, 2.05) is 60.7 Å². The SMILES string of the molecule is CC(NC(=O)C1Cc2c([nH]c3ccccc23)C2c3ccccc3C(=O)N12)C(=O)NCc1ccccc1Cl. The van der Waals surface area contributed by atoms with Gasteiger partial charge in [0.2, 0.25) is 11.8 Å². The van der Waals surface area contributed by atoms with Gasteiger partial charge in [0, 0.05) is 40.1 Å². The van der Waals surface area contributed by atoms with E-state index in [1.165, 1.54) is 0 Å². The number of carbonyl (C=O) groups is 3. The van der Waals surface area contributed by atoms with Crippen LogP contribution in [-0.2, 0) is 22.6 Å². The summed E-state index contributed by atoms with van der Waals surface area (Å²) in [7, 11) is 0. The molecule has 1 aromatic heterocycles. The first kappa shape index (κ1) is 23.3. The zero-order valence-electron chi connectivity index (χ0n) is 20.1. The summed E-state index contributed by atoms with van der Waals surface area (Å²) in [5.41, 5.74) is 5.20. The Labute approximate surface area is 218 Å². The maximum absolute atomic E-state index is 13.6. The lowest BCUT2D eigenvalue weighted by Crippen LogP contribution is -2.55. The number of hydrogen-bond donors (Lipinski definition) is 3. The zero-order valence-corrected chi connectivity index (χ0v) is 20.9. The molecule has 0 fully saturated rings. The molecule has 37 heavy (non-hydrogen) atoms. The van der Waals surface area contributed by atoms with Crippen LogP contribution in [0, 0.1) is 0 Å². The van der Waals surface area contributed by atoms with Gasteiger partial charge >= 0.3 is 0 Å². The second-order valence-electron chi connectivity index (χ2n) is 9.52. The molecule has 3 aromatic carbocycles. The standard InChI is InChI=1S/C29H25ClN4O3/c1-16(27(35)31-15-17-8-2-6-12-22(17)30)32-28(36)24-14-21-18-9-5-7-13-23(18)33-25(21)26-19-10-3-4-11-20(19)29(37)34(24)26/h2-13,16,24,26,33H,14-15H2,1H3,(H,31,35)(H,32,36). The molecule has 3 unspecified atom stereocenters. The Morgan fingerprint density at radius 1 is 1.05 bits per heavy atom. The molecule has 2 aliphatic rings. The number of benzene rings is 3. The number of para-hydroxylation sites is 1. The van der Waals surface area contributed by atoms with Crippen LogP contribution in [0.1, 0.15) is 45.7 Å². The summed E-state index contributed by atoms with van der Waals surface area (Å²) < 4.78 is 0. The lowest BCUT2D eigenvalue weighted by atomic mass is 9.90. The van der Waals surface area contributed by atoms with Crippen LogP contribution < -0.4 is 10.6 Å². The number of aromatic nitrogens is 1. The highest BCUT2D eigenvalue weighted by Gasteiger charge is 2.49. The van der Waals surface area contributed by atoms with Crippen molar-refractivity contribution in [2.24, 2.45) is 0 Å². The number of H-pyrrole nitrogens is 1. The second kappa shape index (κ2) is 9.09. The molecular weight excluding hydrogens is 488 g/mol. The summed E-state index contributed by atoms with van der Waals surface area (Å²) >= 11 is 6.19. The predicted molar refractivity (Wildman–Crippen MR) is 141 cm³/mol. The number of fused-ring (bicyclic) bond motifs is 7. The van der Waals surface area contributed by atoms with Gasteiger partial charge in [-0.05, 0) is 41.8 Å². The van der Waals surface area contributed by atoms with E-state index < -0.39 is 12.1 Å². The minimum absolute atomic E-state index is 0.180. The first-order valence-corrected chi connectivity index (χ1v) is 12.6. The van der Waals surface area contributed by atoms with Gasteiger partial charge in [-0.1, -0.05) is 66.2 Å². The van der Waals surface area contributed by atoms with Crippen molar-refractivity contribution in [1.82, 2.24) is 20.5 Å². The van der Waals surface area contributed by atoms with Gasteiger partial charge in [-0.2, -0.15) is 0 Å². The normalized spacial score (nSPS) is 18.6. The summed E-state index contributed by atoms with van der Waals surface area (Å²) in [5, 5.41) is 7.28. The molecule has 6 rings (SSSR count). The van der Waals surface area contributed by atoms with Crippen molar-refractivity contribution in [1.29, 1.82) is 0 Å². The summed E-state index contributed by atoms with van der Waals surface area (Å²) in [6.45, 7) is 1.89. The van der Waals surface area contributed by atoms with Crippen LogP contribution in [0.4, 0.5) is 0 Å². The first-order chi connectivity index (χ1) is 17.9. The van der Waals surface area contributed by atoms with Crippen LogP contribution in [0.5, 0.6) is 0 Å². The number of amides is 3. The van der Waals surface area contributed by atoms with Crippen LogP contribution in [0.25, 0.3) is 10.9 Å². The molecule has 0 saturated carbocycles. The molecule has 3 atom stereocenters. The number of halogens is 1. The number of hydrogen-bond acceptors (Lipinski definition) is 3. The van der Waals surface area contributed by atoms with Gasteiger partial charge in [-0.25, -0.2) is 0 Å². The minimum Gasteiger partial charge on any atom is -0.356 e. The quantitative estimate of drug-likeness (QED) is 0.375. The van der Waals surface area contributed by atoms with Crippen molar-refractivity contribution in [3.8, 4) is 0 Å². The molecule has 186 valence electrons. The number of rotatable bonds is 5. The summed E-state index contributed by atoms with van der Waals surface area (Å²) in [4.78, 5) is 45.1. The van der Waals surface area contributed by atoms with Crippen molar-refractivity contribution in [2.45, 2.75) is 38.0 Å². The van der Waals surface area contributed by atoms with Crippen molar-refractivity contribution < 1.29 is 14.4 Å². The Balaban J connectivity index is 1.27. The largest absolute Gasteiger partial charge is 0.356 e. The average Bonchev–Trinajstić information content (AvgIpc) is 3.43. The van der Waals surface area contributed by atoms with E-state index >= 15 is 0 Å². The number of aromatic amines is 1. The van der Waals surface area contributed by atoms with Crippen molar-refractivity contribution >= 4 is 40.2 Å². The first-order valence-electron chi connectivity index (χ1n) is 12.3. The van der Waals surface area contributed by atoms with Gasteiger partial charge in [0.05, 0.1) is 6.04 Å². The van der Waals surface area contributed by atoms with Gasteiger partial charge in [-0.15, -0.1) is 0 Å². The average molecular weight is 513 g/mol. The van der Waals surface area contributed by atoms with E-state index in [2.05, 4.69) is 15.6 Å². The smallest absolute Gasteiger partial charge is 0.255 e. The Morgan fingerprint density at radius 3 is 2.62 bits per heavy atom. The van der Waals surface area contributed by atoms with Crippen molar-refractivity contribution in [3.05, 3.63) is 106 Å². The lowest BCUT2D eigenvalue weighted by Gasteiger charge is -2.37. The molecule has 0 aliphatic carbocycles. The van der Waals surface area contributed by atoms with E-state index in [4.69, 9.17) is 11.6 Å². The molecule has 3 N–H and O–H groups in total. The summed E-state index contributed by atoms with van der Waals surface area (Å²) in [6, 6.07) is 20.8. The van der Waals surface area contributed by atoms with Crippen LogP contribution in [0.3, 0.4) is 0 Å². The summed E-state index contributed by atoms with van der Waals surface area (Å²) in [5.74, 6) is -0.868. The highest BCUT2D eigenvalue weighted by atomic mass is 35.5. The molecule has 0 bridgehead atoms. The van der Waals surface area contributed by atoms with Crippen molar-refractivity contribution in [2.75, 3.05) is 0 Å². The number of nitrogens with one attached hydrogen (secondary N) is 3. The fourth-order valence-corrected chi connectivity index (χ4v) is 5.69. The third-order valence-corrected chi connectivity index (χ3v) is 7.69. The van der Waals surface area contributed by atoms with E-state index in [0.29, 0.717) is 17.0 Å². The molecule has 2 aliphatic heterocycles. The van der Waals surface area contributed by atoms with Crippen LogP contribution in [0.15, 0.2) is 72.8 Å². The third kappa shape index (κ3) is 3.86. The Kier molecular flexibility index (Phi) is 5.72. The monoisotopic (exact) mass is 512 g/mol. The molecule has 8 heteroatoms. The molecule has 3 amide bonds. The fraction of sp³-hybridized carbons (Fsp3) is 0.207. The maximum Gasteiger partial charge on any atom is 0.255 e. The Morgan fingerprint density at radius 2 is 1.78 bits per heavy atom. The Hall–Kier alpha value is -4.10. The molecule has 4 aromatic rings. The van der Waals surface area contributed by atoms with E-state index in [0.717, 1.165) is 33.3 Å². The topological polar surface area (TPSA) is 94.3 Å². The van der Waals surface area contributed by atoms with Gasteiger partial charge < -0.3 is 20.5 Å². The Bertz CT molecular complexity index is 1560. The number of carbonyl (C=O) groups excluding carboxylic acids is 3. The zero-order chi connectivity index (χ0) is 25.7. The van der Waals surface area contributed by atoms with Crippen LogP contribution in [0.2, 0.25) is 5.02 Å². The second-order valence-corrected chi connectivity index (χ2v) is 9.93. The van der Waals surface area contributed by atoms with Crippen molar-refractivity contribution in [3.63, 3.8) is 0 Å². The fourth-order valence-electron chi connectivity index (χ4n) is 5.49. The predicted octanol–water partition coefficient (Wildman–Crippen LogP) is 4.11. The van der Waals surface area contributed by atoms with E-state index in [9.17, 15) is 14.4 Å². The molecule has 7 nitrogen and oxygen atoms in total. The lowest BCUT2D eigenvalue weighted by molar-refractivity contribution is -0.131. The van der Waals surface area contributed by atoms with Gasteiger partial charge in [0.25, 0.3) is 5.91 Å². The van der Waals surface area contributed by atoms with E-state index in [-0.39, 0.29) is 30.3 Å². The van der Waals surface area contributed by atoms with Gasteiger partial charge in [-0.3, -0.25) is 14.4 Å². The molecule has 0 radical (unpaired) electrons. The number of nitrogens with zero attached hydrogens (tertiary/aromatic N) is 1. The minimum atomic E-state index is -0.794. The van der Waals surface area contributed by atoms with Gasteiger partial charge in [0.15, 0.2) is 0 Å². The van der Waals surface area contributed by atoms with Gasteiger partial charge in [0.1, 0.15) is 12.1 Å². The van der Waals surface area contributed by atoms with Crippen LogP contribution >= 0.6 is 11.6 Å². The van der Waals surface area contributed by atoms with E-state index in [1.54, 1.807) is 24.0 Å². The maximum atomic E-state index is 13.6. The molecule has 3 heterocycles. The third-order valence-electron chi connectivity index (χ3n) is 7.32. The van der Waals surface area contributed by atoms with Crippen LogP contribution in [-0.4, -0.2) is 39.7 Å². The highest BCUT2D eigenvalue weighted by molar-refractivity contribution is 6.31. The molecule has 0 saturated heterocycles. The molecule has 0 spiro atoms.